The Labute approximate surface area is 179 Å². The quantitative estimate of drug-likeness (QED) is 0.440. The second kappa shape index (κ2) is 10.8. The number of hydrazone groups is 1. The summed E-state index contributed by atoms with van der Waals surface area (Å²) < 4.78 is 6.71. The van der Waals surface area contributed by atoms with E-state index in [1.165, 1.54) is 0 Å². The van der Waals surface area contributed by atoms with Crippen LogP contribution in [0.25, 0.3) is 0 Å². The molecule has 0 aliphatic rings. The number of aryl methyl sites for hydroxylation is 1. The van der Waals surface area contributed by atoms with Crippen molar-refractivity contribution in [3.63, 3.8) is 0 Å². The van der Waals surface area contributed by atoms with E-state index in [1.807, 2.05) is 37.3 Å². The molecule has 0 aliphatic carbocycles. The van der Waals surface area contributed by atoms with Crippen LogP contribution in [0, 0.1) is 6.92 Å². The van der Waals surface area contributed by atoms with E-state index < -0.39 is 0 Å². The number of anilines is 1. The highest BCUT2D eigenvalue weighted by molar-refractivity contribution is 9.10. The van der Waals surface area contributed by atoms with Gasteiger partial charge < -0.3 is 10.1 Å². The molecule has 0 heterocycles. The molecule has 0 saturated heterocycles. The minimum absolute atomic E-state index is 0.0828. The van der Waals surface area contributed by atoms with E-state index >= 15 is 0 Å². The van der Waals surface area contributed by atoms with Gasteiger partial charge in [-0.1, -0.05) is 48.0 Å². The zero-order chi connectivity index (χ0) is 21.4. The van der Waals surface area contributed by atoms with Crippen LogP contribution >= 0.6 is 15.9 Å². The molecule has 2 amide bonds. The van der Waals surface area contributed by atoms with E-state index in [0.29, 0.717) is 17.1 Å². The van der Waals surface area contributed by atoms with E-state index in [9.17, 15) is 9.59 Å². The van der Waals surface area contributed by atoms with Gasteiger partial charge in [-0.3, -0.25) is 9.59 Å². The van der Waals surface area contributed by atoms with E-state index in [-0.39, 0.29) is 30.8 Å². The van der Waals surface area contributed by atoms with E-state index in [1.54, 1.807) is 19.1 Å². The van der Waals surface area contributed by atoms with Crippen molar-refractivity contribution in [2.24, 2.45) is 5.10 Å². The first kappa shape index (κ1) is 22.6. The number of rotatable bonds is 8. The number of halogens is 1. The summed E-state index contributed by atoms with van der Waals surface area (Å²) in [4.78, 5) is 24.1. The molecule has 154 valence electrons. The van der Waals surface area contributed by atoms with Gasteiger partial charge in [0, 0.05) is 15.9 Å². The summed E-state index contributed by atoms with van der Waals surface area (Å²) in [5, 5.41) is 6.75. The standard InChI is InChI=1S/C22H26BrN3O3/c1-14(2)18-12-19(23)15(3)10-20(18)29-13-22(28)26-25-16(4)11-21(27)24-17-8-6-5-7-9-17/h5-10,12,14H,11,13H2,1-4H3,(H,24,27)(H,26,28)/b25-16+. The predicted molar refractivity (Wildman–Crippen MR) is 119 cm³/mol. The number of ether oxygens (including phenoxy) is 1. The molecule has 2 rings (SSSR count). The topological polar surface area (TPSA) is 79.8 Å². The molecule has 0 radical (unpaired) electrons. The third kappa shape index (κ3) is 7.34. The highest BCUT2D eigenvalue weighted by Crippen LogP contribution is 2.32. The lowest BCUT2D eigenvalue weighted by atomic mass is 10.0. The Morgan fingerprint density at radius 2 is 1.83 bits per heavy atom. The fourth-order valence-electron chi connectivity index (χ4n) is 2.58. The number of nitrogens with one attached hydrogen (secondary N) is 2. The Balaban J connectivity index is 1.86. The molecule has 0 spiro atoms. The van der Waals surface area contributed by atoms with Crippen molar-refractivity contribution in [2.75, 3.05) is 11.9 Å². The molecule has 0 bridgehead atoms. The number of amides is 2. The molecule has 0 atom stereocenters. The van der Waals surface area contributed by atoms with Crippen LogP contribution in [0.15, 0.2) is 52.0 Å². The molecule has 0 fully saturated rings. The molecular weight excluding hydrogens is 434 g/mol. The highest BCUT2D eigenvalue weighted by atomic mass is 79.9. The van der Waals surface area contributed by atoms with Crippen molar-refractivity contribution < 1.29 is 14.3 Å². The Kier molecular flexibility index (Phi) is 8.39. The van der Waals surface area contributed by atoms with E-state index in [0.717, 1.165) is 15.6 Å². The molecule has 2 N–H and O–H groups in total. The second-order valence-corrected chi connectivity index (χ2v) is 7.91. The van der Waals surface area contributed by atoms with Crippen LogP contribution < -0.4 is 15.5 Å². The van der Waals surface area contributed by atoms with Crippen molar-refractivity contribution in [3.8, 4) is 5.75 Å². The van der Waals surface area contributed by atoms with Gasteiger partial charge in [0.05, 0.1) is 6.42 Å². The zero-order valence-electron chi connectivity index (χ0n) is 17.1. The molecule has 0 unspecified atom stereocenters. The molecule has 29 heavy (non-hydrogen) atoms. The Morgan fingerprint density at radius 1 is 1.14 bits per heavy atom. The van der Waals surface area contributed by atoms with Crippen LogP contribution in [0.1, 0.15) is 44.2 Å². The van der Waals surface area contributed by atoms with Crippen molar-refractivity contribution in [1.82, 2.24) is 5.43 Å². The van der Waals surface area contributed by atoms with E-state index in [2.05, 4.69) is 45.6 Å². The summed E-state index contributed by atoms with van der Waals surface area (Å²) in [6, 6.07) is 13.1. The Hall–Kier alpha value is -2.67. The van der Waals surface area contributed by atoms with Crippen molar-refractivity contribution >= 4 is 39.1 Å². The van der Waals surface area contributed by atoms with Crippen molar-refractivity contribution in [2.45, 2.75) is 40.0 Å². The molecule has 6 nitrogen and oxygen atoms in total. The van der Waals surface area contributed by atoms with Crippen LogP contribution in [0.5, 0.6) is 5.75 Å². The van der Waals surface area contributed by atoms with Crippen molar-refractivity contribution in [3.05, 3.63) is 58.1 Å². The van der Waals surface area contributed by atoms with Crippen molar-refractivity contribution in [1.29, 1.82) is 0 Å². The predicted octanol–water partition coefficient (Wildman–Crippen LogP) is 4.78. The molecule has 2 aromatic carbocycles. The fourth-order valence-corrected chi connectivity index (χ4v) is 2.94. The maximum Gasteiger partial charge on any atom is 0.277 e. The van der Waals surface area contributed by atoms with Gasteiger partial charge in [0.1, 0.15) is 5.75 Å². The summed E-state index contributed by atoms with van der Waals surface area (Å²) in [6.07, 6.45) is 0.0828. The monoisotopic (exact) mass is 459 g/mol. The summed E-state index contributed by atoms with van der Waals surface area (Å²) in [6.45, 7) is 7.63. The number of carbonyl (C=O) groups is 2. The number of hydrogen-bond acceptors (Lipinski definition) is 4. The van der Waals surface area contributed by atoms with Crippen LogP contribution in [-0.2, 0) is 9.59 Å². The number of carbonyl (C=O) groups excluding carboxylic acids is 2. The van der Waals surface area contributed by atoms with E-state index in [4.69, 9.17) is 4.74 Å². The van der Waals surface area contributed by atoms with Crippen LogP contribution in [-0.4, -0.2) is 24.1 Å². The molecule has 0 aromatic heterocycles. The van der Waals surface area contributed by atoms with Gasteiger partial charge in [-0.15, -0.1) is 0 Å². The Bertz CT molecular complexity index is 896. The van der Waals surface area contributed by atoms with Gasteiger partial charge in [0.15, 0.2) is 6.61 Å². The van der Waals surface area contributed by atoms with Gasteiger partial charge >= 0.3 is 0 Å². The minimum atomic E-state index is -0.386. The summed E-state index contributed by atoms with van der Waals surface area (Å²) in [5.74, 6) is 0.352. The summed E-state index contributed by atoms with van der Waals surface area (Å²) in [7, 11) is 0. The van der Waals surface area contributed by atoms with Crippen LogP contribution in [0.4, 0.5) is 5.69 Å². The first-order valence-electron chi connectivity index (χ1n) is 9.36. The van der Waals surface area contributed by atoms with Crippen LogP contribution in [0.2, 0.25) is 0 Å². The van der Waals surface area contributed by atoms with Gasteiger partial charge in [0.25, 0.3) is 5.91 Å². The van der Waals surface area contributed by atoms with Gasteiger partial charge in [-0.25, -0.2) is 5.43 Å². The summed E-state index contributed by atoms with van der Waals surface area (Å²) in [5.41, 5.74) is 5.69. The lowest BCUT2D eigenvalue weighted by molar-refractivity contribution is -0.123. The average Bonchev–Trinajstić information content (AvgIpc) is 2.67. The lowest BCUT2D eigenvalue weighted by Crippen LogP contribution is -2.26. The largest absolute Gasteiger partial charge is 0.483 e. The SMILES string of the molecule is C/C(CC(=O)Nc1ccccc1)=N\NC(=O)COc1cc(C)c(Br)cc1C(C)C. The number of nitrogens with zero attached hydrogens (tertiary/aromatic N) is 1. The number of hydrogen-bond donors (Lipinski definition) is 2. The maximum atomic E-state index is 12.1. The smallest absolute Gasteiger partial charge is 0.277 e. The average molecular weight is 460 g/mol. The third-order valence-corrected chi connectivity index (χ3v) is 4.97. The molecule has 2 aromatic rings. The van der Waals surface area contributed by atoms with Gasteiger partial charge in [-0.2, -0.15) is 5.10 Å². The fraction of sp³-hybridized carbons (Fsp3) is 0.318. The molecule has 0 aliphatic heterocycles. The highest BCUT2D eigenvalue weighted by Gasteiger charge is 2.12. The minimum Gasteiger partial charge on any atom is -0.483 e. The third-order valence-electron chi connectivity index (χ3n) is 4.12. The first-order chi connectivity index (χ1) is 13.8. The zero-order valence-corrected chi connectivity index (χ0v) is 18.7. The lowest BCUT2D eigenvalue weighted by Gasteiger charge is -2.15. The number of benzene rings is 2. The summed E-state index contributed by atoms with van der Waals surface area (Å²) >= 11 is 3.52. The Morgan fingerprint density at radius 3 is 2.48 bits per heavy atom. The van der Waals surface area contributed by atoms with Crippen LogP contribution in [0.3, 0.4) is 0 Å². The maximum absolute atomic E-state index is 12.1. The molecule has 7 heteroatoms. The number of para-hydroxylation sites is 1. The molecular formula is C22H26BrN3O3. The van der Waals surface area contributed by atoms with Gasteiger partial charge in [-0.05, 0) is 55.2 Å². The first-order valence-corrected chi connectivity index (χ1v) is 10.1. The normalized spacial score (nSPS) is 11.3. The molecule has 0 saturated carbocycles. The second-order valence-electron chi connectivity index (χ2n) is 7.06. The van der Waals surface area contributed by atoms with Gasteiger partial charge in [0.2, 0.25) is 5.91 Å².